The molecule has 9 N–H and O–H groups in total. The average Bonchev–Trinajstić information content (AvgIpc) is 3.26. The Kier molecular flexibility index (Phi) is 31.4. The van der Waals surface area contributed by atoms with Gasteiger partial charge in [-0.05, 0) is 51.4 Å². The lowest BCUT2D eigenvalue weighted by Gasteiger charge is -2.46. The molecule has 2 aliphatic heterocycles. The molecule has 0 bridgehead atoms. The molecular formula is C47H85NO13. The van der Waals surface area contributed by atoms with Crippen LogP contribution in [0.1, 0.15) is 162 Å². The fraction of sp³-hybridized carbons (Fsp3) is 0.851. The lowest BCUT2D eigenvalue weighted by molar-refractivity contribution is -0.359. The van der Waals surface area contributed by atoms with E-state index in [1.807, 2.05) is 6.08 Å². The number of nitrogens with one attached hydrogen (secondary N) is 1. The molecular weight excluding hydrogens is 787 g/mol. The van der Waals surface area contributed by atoms with Crippen molar-refractivity contribution in [1.29, 1.82) is 0 Å². The highest BCUT2D eigenvalue weighted by Crippen LogP contribution is 2.30. The first-order valence-electron chi connectivity index (χ1n) is 23.7. The van der Waals surface area contributed by atoms with Crippen LogP contribution < -0.4 is 5.32 Å². The summed E-state index contributed by atoms with van der Waals surface area (Å²) in [6.07, 6.45) is 20.5. The highest BCUT2D eigenvalue weighted by atomic mass is 16.7. The zero-order valence-corrected chi connectivity index (χ0v) is 37.4. The first kappa shape index (κ1) is 55.3. The van der Waals surface area contributed by atoms with Gasteiger partial charge in [-0.2, -0.15) is 0 Å². The Morgan fingerprint density at radius 3 is 1.66 bits per heavy atom. The van der Waals surface area contributed by atoms with Crippen molar-refractivity contribution in [3.05, 3.63) is 36.5 Å². The molecule has 356 valence electrons. The standard InChI is InChI=1S/C47H85NO13/c1-3-5-7-9-11-13-14-15-16-17-18-19-20-21-23-25-27-29-31-39(52)48-35(36(51)30-28-26-24-22-12-10-8-6-4-2)34-58-46-44(57)42(55)45(38(33-50)60-46)61-47-43(56)41(54)40(53)37(32-49)59-47/h13-14,16-17,28,30,35-38,40-47,49-51,53-57H,3-12,15,18-27,29,31-34H2,1-2H3,(H,48,52)/b14-13-,17-16-,30-28+. The predicted molar refractivity (Wildman–Crippen MR) is 235 cm³/mol. The number of carbonyl (C=O) groups excluding carboxylic acids is 1. The first-order chi connectivity index (χ1) is 29.6. The molecule has 2 aliphatic rings. The fourth-order valence-corrected chi connectivity index (χ4v) is 7.61. The lowest BCUT2D eigenvalue weighted by atomic mass is 9.97. The third kappa shape index (κ3) is 22.6. The molecule has 0 aliphatic carbocycles. The number of aliphatic hydroxyl groups is 8. The van der Waals surface area contributed by atoms with Crippen molar-refractivity contribution >= 4 is 5.91 Å². The number of ether oxygens (including phenoxy) is 4. The van der Waals surface area contributed by atoms with Crippen LogP contribution in [0, 0.1) is 0 Å². The van der Waals surface area contributed by atoms with E-state index < -0.39 is 86.8 Å². The molecule has 61 heavy (non-hydrogen) atoms. The van der Waals surface area contributed by atoms with Crippen molar-refractivity contribution < 1.29 is 64.6 Å². The Bertz CT molecular complexity index is 1170. The summed E-state index contributed by atoms with van der Waals surface area (Å²) in [4.78, 5) is 13.1. The predicted octanol–water partition coefficient (Wildman–Crippen LogP) is 5.15. The van der Waals surface area contributed by atoms with Crippen LogP contribution in [0.2, 0.25) is 0 Å². The van der Waals surface area contributed by atoms with E-state index >= 15 is 0 Å². The van der Waals surface area contributed by atoms with Gasteiger partial charge in [-0.15, -0.1) is 0 Å². The van der Waals surface area contributed by atoms with Crippen LogP contribution in [0.25, 0.3) is 0 Å². The van der Waals surface area contributed by atoms with Crippen molar-refractivity contribution in [2.24, 2.45) is 0 Å². The lowest BCUT2D eigenvalue weighted by Crippen LogP contribution is -2.65. The van der Waals surface area contributed by atoms with Crippen LogP contribution in [0.3, 0.4) is 0 Å². The molecule has 0 saturated carbocycles. The maximum atomic E-state index is 13.1. The molecule has 2 rings (SSSR count). The molecule has 2 heterocycles. The first-order valence-corrected chi connectivity index (χ1v) is 23.7. The zero-order chi connectivity index (χ0) is 44.7. The van der Waals surface area contributed by atoms with Gasteiger partial charge in [-0.1, -0.05) is 140 Å². The smallest absolute Gasteiger partial charge is 0.220 e. The normalized spacial score (nSPS) is 28.3. The number of amides is 1. The van der Waals surface area contributed by atoms with Crippen LogP contribution in [0.15, 0.2) is 36.5 Å². The number of carbonyl (C=O) groups is 1. The Morgan fingerprint density at radius 1 is 0.590 bits per heavy atom. The van der Waals surface area contributed by atoms with E-state index in [0.29, 0.717) is 6.42 Å². The monoisotopic (exact) mass is 872 g/mol. The number of allylic oxidation sites excluding steroid dienone is 5. The van der Waals surface area contributed by atoms with Gasteiger partial charge >= 0.3 is 0 Å². The van der Waals surface area contributed by atoms with Gasteiger partial charge in [0.05, 0.1) is 32.0 Å². The van der Waals surface area contributed by atoms with E-state index in [-0.39, 0.29) is 18.9 Å². The van der Waals surface area contributed by atoms with E-state index in [4.69, 9.17) is 18.9 Å². The Labute approximate surface area is 366 Å². The van der Waals surface area contributed by atoms with Crippen molar-refractivity contribution in [2.75, 3.05) is 19.8 Å². The van der Waals surface area contributed by atoms with Gasteiger partial charge in [0, 0.05) is 6.42 Å². The summed E-state index contributed by atoms with van der Waals surface area (Å²) in [5.41, 5.74) is 0. The summed E-state index contributed by atoms with van der Waals surface area (Å²) in [6.45, 7) is 2.70. The van der Waals surface area contributed by atoms with Gasteiger partial charge in [-0.25, -0.2) is 0 Å². The molecule has 2 saturated heterocycles. The van der Waals surface area contributed by atoms with Gasteiger partial charge in [0.2, 0.25) is 5.91 Å². The van der Waals surface area contributed by atoms with Gasteiger partial charge in [0.15, 0.2) is 12.6 Å². The highest BCUT2D eigenvalue weighted by molar-refractivity contribution is 5.76. The topological polar surface area (TPSA) is 228 Å². The summed E-state index contributed by atoms with van der Waals surface area (Å²) in [5, 5.41) is 86.4. The van der Waals surface area contributed by atoms with Crippen LogP contribution >= 0.6 is 0 Å². The van der Waals surface area contributed by atoms with Crippen LogP contribution in [0.5, 0.6) is 0 Å². The molecule has 12 atom stereocenters. The molecule has 2 fully saturated rings. The van der Waals surface area contributed by atoms with E-state index in [2.05, 4.69) is 43.5 Å². The molecule has 12 unspecified atom stereocenters. The molecule has 14 heteroatoms. The molecule has 0 aromatic carbocycles. The molecule has 0 aromatic heterocycles. The second-order valence-electron chi connectivity index (χ2n) is 16.9. The van der Waals surface area contributed by atoms with Crippen LogP contribution in [0.4, 0.5) is 0 Å². The summed E-state index contributed by atoms with van der Waals surface area (Å²) < 4.78 is 22.6. The van der Waals surface area contributed by atoms with E-state index in [1.165, 1.54) is 70.6 Å². The maximum Gasteiger partial charge on any atom is 0.220 e. The second-order valence-corrected chi connectivity index (χ2v) is 16.9. The molecule has 0 spiro atoms. The number of unbranched alkanes of at least 4 members (excludes halogenated alkanes) is 18. The summed E-state index contributed by atoms with van der Waals surface area (Å²) in [5.74, 6) is -0.252. The summed E-state index contributed by atoms with van der Waals surface area (Å²) in [6, 6.07) is -0.915. The number of hydrogen-bond acceptors (Lipinski definition) is 13. The fourth-order valence-electron chi connectivity index (χ4n) is 7.61. The Hall–Kier alpha value is -1.79. The van der Waals surface area contributed by atoms with E-state index in [0.717, 1.165) is 64.2 Å². The van der Waals surface area contributed by atoms with Gasteiger partial charge in [-0.3, -0.25) is 4.79 Å². The maximum absolute atomic E-state index is 13.1. The minimum absolute atomic E-state index is 0.252. The summed E-state index contributed by atoms with van der Waals surface area (Å²) >= 11 is 0. The number of rotatable bonds is 35. The molecule has 0 radical (unpaired) electrons. The number of hydrogen-bond donors (Lipinski definition) is 9. The minimum Gasteiger partial charge on any atom is -0.394 e. The minimum atomic E-state index is -1.79. The van der Waals surface area contributed by atoms with E-state index in [9.17, 15) is 45.6 Å². The quantitative estimate of drug-likeness (QED) is 0.0297. The van der Waals surface area contributed by atoms with Crippen molar-refractivity contribution in [2.45, 2.75) is 235 Å². The highest BCUT2D eigenvalue weighted by Gasteiger charge is 2.50. The van der Waals surface area contributed by atoms with Gasteiger partial charge in [0.25, 0.3) is 0 Å². The van der Waals surface area contributed by atoms with Crippen LogP contribution in [-0.4, -0.2) is 140 Å². The average molecular weight is 872 g/mol. The van der Waals surface area contributed by atoms with E-state index in [1.54, 1.807) is 6.08 Å². The van der Waals surface area contributed by atoms with Crippen LogP contribution in [-0.2, 0) is 23.7 Å². The third-order valence-electron chi connectivity index (χ3n) is 11.6. The molecule has 14 nitrogen and oxygen atoms in total. The SMILES string of the molecule is CCCCCC/C=C\C/C=C\CCCCCCCCCC(=O)NC(COC1OC(CO)C(OC2OC(CO)C(O)C(O)C2O)C(O)C1O)C(O)/C=C/CCCCCCCCC. The third-order valence-corrected chi connectivity index (χ3v) is 11.6. The molecule has 0 aromatic rings. The Morgan fingerprint density at radius 2 is 1.08 bits per heavy atom. The van der Waals surface area contributed by atoms with Gasteiger partial charge in [0.1, 0.15) is 48.8 Å². The number of aliphatic hydroxyl groups excluding tert-OH is 8. The van der Waals surface area contributed by atoms with Crippen molar-refractivity contribution in [1.82, 2.24) is 5.32 Å². The summed E-state index contributed by atoms with van der Waals surface area (Å²) in [7, 11) is 0. The largest absolute Gasteiger partial charge is 0.394 e. The second kappa shape index (κ2) is 34.6. The van der Waals surface area contributed by atoms with Gasteiger partial charge < -0.3 is 65.1 Å². The Balaban J connectivity index is 1.84. The van der Waals surface area contributed by atoms with Crippen molar-refractivity contribution in [3.8, 4) is 0 Å². The molecule has 1 amide bonds. The van der Waals surface area contributed by atoms with Crippen molar-refractivity contribution in [3.63, 3.8) is 0 Å². The zero-order valence-electron chi connectivity index (χ0n) is 37.4.